The Balaban J connectivity index is 1.47. The van der Waals surface area contributed by atoms with Crippen molar-refractivity contribution in [3.05, 3.63) is 64.8 Å². The van der Waals surface area contributed by atoms with E-state index in [2.05, 4.69) is 20.3 Å². The lowest BCUT2D eigenvalue weighted by Crippen LogP contribution is -2.41. The van der Waals surface area contributed by atoms with Crippen LogP contribution in [0.15, 0.2) is 48.5 Å². The maximum absolute atomic E-state index is 13.4. The Labute approximate surface area is 211 Å². The van der Waals surface area contributed by atoms with Crippen LogP contribution in [0.5, 0.6) is 0 Å². The van der Waals surface area contributed by atoms with Crippen LogP contribution in [-0.2, 0) is 16.2 Å². The van der Waals surface area contributed by atoms with Crippen LogP contribution < -0.4 is 15.4 Å². The number of nitrogens with zero attached hydrogens (tertiary/aromatic N) is 1. The molecule has 1 aromatic heterocycles. The fraction of sp³-hybridized carbons (Fsp3) is 0.333. The number of nitrogens with one attached hydrogen (secondary N) is 3. The smallest absolute Gasteiger partial charge is 0.382 e. The Morgan fingerprint density at radius 1 is 1.06 bits per heavy atom. The number of pyridine rings is 1. The SMILES string of the molecule is CS(=O)(=O)Nc1ccc(C(=O)N[C@@H]2CCC[C@H](Nc3cc(C(F)(F)F)nc4ccc(Cl)cc34)C2)cc1. The van der Waals surface area contributed by atoms with Crippen molar-refractivity contribution >= 4 is 49.8 Å². The van der Waals surface area contributed by atoms with Crippen molar-refractivity contribution < 1.29 is 26.4 Å². The molecule has 7 nitrogen and oxygen atoms in total. The molecule has 1 saturated carbocycles. The second-order valence-corrected chi connectivity index (χ2v) is 11.0. The average molecular weight is 541 g/mol. The van der Waals surface area contributed by atoms with Gasteiger partial charge in [0, 0.05) is 39.4 Å². The number of halogens is 4. The van der Waals surface area contributed by atoms with E-state index < -0.39 is 21.9 Å². The Kier molecular flexibility index (Phi) is 7.33. The molecular weight excluding hydrogens is 517 g/mol. The second kappa shape index (κ2) is 10.1. The molecule has 12 heteroatoms. The van der Waals surface area contributed by atoms with Gasteiger partial charge in [-0.25, -0.2) is 13.4 Å². The highest BCUT2D eigenvalue weighted by atomic mass is 35.5. The molecule has 1 amide bonds. The lowest BCUT2D eigenvalue weighted by Gasteiger charge is -2.31. The van der Waals surface area contributed by atoms with E-state index in [4.69, 9.17) is 11.6 Å². The van der Waals surface area contributed by atoms with E-state index in [-0.39, 0.29) is 23.5 Å². The van der Waals surface area contributed by atoms with Crippen LogP contribution in [0.1, 0.15) is 41.7 Å². The Morgan fingerprint density at radius 2 is 1.75 bits per heavy atom. The molecule has 1 fully saturated rings. The number of benzene rings is 2. The lowest BCUT2D eigenvalue weighted by molar-refractivity contribution is -0.140. The maximum atomic E-state index is 13.4. The summed E-state index contributed by atoms with van der Waals surface area (Å²) in [6.45, 7) is 0. The van der Waals surface area contributed by atoms with Gasteiger partial charge >= 0.3 is 6.18 Å². The van der Waals surface area contributed by atoms with Crippen molar-refractivity contribution in [3.63, 3.8) is 0 Å². The van der Waals surface area contributed by atoms with Crippen LogP contribution in [0.2, 0.25) is 5.02 Å². The van der Waals surface area contributed by atoms with Crippen molar-refractivity contribution in [1.29, 1.82) is 0 Å². The van der Waals surface area contributed by atoms with Crippen LogP contribution in [-0.4, -0.2) is 37.6 Å². The molecule has 1 aliphatic carbocycles. The molecule has 0 radical (unpaired) electrons. The highest BCUT2D eigenvalue weighted by molar-refractivity contribution is 7.92. The van der Waals surface area contributed by atoms with Crippen molar-refractivity contribution in [2.24, 2.45) is 0 Å². The van der Waals surface area contributed by atoms with E-state index >= 15 is 0 Å². The number of carbonyl (C=O) groups is 1. The van der Waals surface area contributed by atoms with Crippen LogP contribution >= 0.6 is 11.6 Å². The molecule has 0 aliphatic heterocycles. The normalized spacial score (nSPS) is 18.6. The largest absolute Gasteiger partial charge is 0.433 e. The monoisotopic (exact) mass is 540 g/mol. The summed E-state index contributed by atoms with van der Waals surface area (Å²) >= 11 is 6.08. The zero-order chi connectivity index (χ0) is 26.1. The van der Waals surface area contributed by atoms with Crippen LogP contribution in [0.3, 0.4) is 0 Å². The third kappa shape index (κ3) is 6.58. The van der Waals surface area contributed by atoms with E-state index in [0.29, 0.717) is 33.8 Å². The minimum absolute atomic E-state index is 0.170. The summed E-state index contributed by atoms with van der Waals surface area (Å²) in [4.78, 5) is 16.5. The minimum atomic E-state index is -4.60. The molecule has 0 spiro atoms. The minimum Gasteiger partial charge on any atom is -0.382 e. The number of fused-ring (bicyclic) bond motifs is 1. The topological polar surface area (TPSA) is 100 Å². The fourth-order valence-corrected chi connectivity index (χ4v) is 5.04. The van der Waals surface area contributed by atoms with Gasteiger partial charge in [-0.05, 0) is 74.2 Å². The average Bonchev–Trinajstić information content (AvgIpc) is 2.78. The number of alkyl halides is 3. The first-order valence-corrected chi connectivity index (χ1v) is 13.5. The number of carbonyl (C=O) groups excluding carboxylic acids is 1. The van der Waals surface area contributed by atoms with Crippen molar-refractivity contribution in [1.82, 2.24) is 10.3 Å². The number of anilines is 2. The van der Waals surface area contributed by atoms with Gasteiger partial charge in [-0.2, -0.15) is 13.2 Å². The zero-order valence-corrected chi connectivity index (χ0v) is 20.8. The van der Waals surface area contributed by atoms with Crippen LogP contribution in [0.4, 0.5) is 24.5 Å². The molecule has 2 aromatic carbocycles. The molecule has 192 valence electrons. The molecule has 3 aromatic rings. The quantitative estimate of drug-likeness (QED) is 0.387. The molecule has 1 aliphatic rings. The van der Waals surface area contributed by atoms with Gasteiger partial charge in [-0.15, -0.1) is 0 Å². The molecule has 0 saturated heterocycles. The third-order valence-electron chi connectivity index (χ3n) is 5.88. The summed E-state index contributed by atoms with van der Waals surface area (Å²) in [5.74, 6) is -0.313. The molecule has 0 unspecified atom stereocenters. The Bertz CT molecular complexity index is 1380. The standard InChI is InChI=1S/C24H24ClF3N4O3S/c1-36(34,35)32-16-8-5-14(6-9-16)23(33)30-18-4-2-3-17(12-18)29-21-13-22(24(26,27)28)31-20-10-7-15(25)11-19(20)21/h5-11,13,17-18,32H,2-4,12H2,1H3,(H,29,31)(H,30,33)/t17-,18+/m0/s1. The number of aromatic nitrogens is 1. The molecule has 0 bridgehead atoms. The lowest BCUT2D eigenvalue weighted by atomic mass is 9.90. The number of amides is 1. The summed E-state index contributed by atoms with van der Waals surface area (Å²) < 4.78 is 65.3. The molecule has 2 atom stereocenters. The van der Waals surface area contributed by atoms with Gasteiger partial charge in [0.15, 0.2) is 0 Å². The van der Waals surface area contributed by atoms with E-state index in [1.54, 1.807) is 6.07 Å². The van der Waals surface area contributed by atoms with Crippen LogP contribution in [0.25, 0.3) is 10.9 Å². The van der Waals surface area contributed by atoms with E-state index in [9.17, 15) is 26.4 Å². The van der Waals surface area contributed by atoms with Gasteiger partial charge in [0.05, 0.1) is 11.8 Å². The number of rotatable bonds is 6. The molecule has 4 rings (SSSR count). The molecule has 36 heavy (non-hydrogen) atoms. The highest BCUT2D eigenvalue weighted by Crippen LogP contribution is 2.35. The van der Waals surface area contributed by atoms with E-state index in [0.717, 1.165) is 31.6 Å². The first-order valence-electron chi connectivity index (χ1n) is 11.2. The van der Waals surface area contributed by atoms with Gasteiger partial charge in [-0.1, -0.05) is 11.6 Å². The predicted octanol–water partition coefficient (Wildman–Crippen LogP) is 5.43. The summed E-state index contributed by atoms with van der Waals surface area (Å²) in [5, 5.41) is 7.07. The number of sulfonamides is 1. The summed E-state index contributed by atoms with van der Waals surface area (Å²) in [6, 6.07) is 11.2. The van der Waals surface area contributed by atoms with E-state index in [1.165, 1.54) is 36.4 Å². The number of hydrogen-bond donors (Lipinski definition) is 3. The Morgan fingerprint density at radius 3 is 2.42 bits per heavy atom. The molecule has 3 N–H and O–H groups in total. The first-order chi connectivity index (χ1) is 16.9. The fourth-order valence-electron chi connectivity index (χ4n) is 4.31. The summed E-state index contributed by atoms with van der Waals surface area (Å²) in [5.41, 5.74) is 0.203. The van der Waals surface area contributed by atoms with Gasteiger partial charge in [0.25, 0.3) is 5.91 Å². The van der Waals surface area contributed by atoms with E-state index in [1.807, 2.05) is 0 Å². The van der Waals surface area contributed by atoms with Gasteiger partial charge in [0.1, 0.15) is 5.69 Å². The second-order valence-electron chi connectivity index (χ2n) is 8.84. The zero-order valence-electron chi connectivity index (χ0n) is 19.2. The third-order valence-corrected chi connectivity index (χ3v) is 6.72. The van der Waals surface area contributed by atoms with Crippen molar-refractivity contribution in [3.8, 4) is 0 Å². The Hall–Kier alpha value is -3.05. The van der Waals surface area contributed by atoms with Crippen molar-refractivity contribution in [2.75, 3.05) is 16.3 Å². The summed E-state index contributed by atoms with van der Waals surface area (Å²) in [7, 11) is -3.42. The first kappa shape index (κ1) is 26.0. The van der Waals surface area contributed by atoms with Crippen molar-refractivity contribution in [2.45, 2.75) is 43.9 Å². The van der Waals surface area contributed by atoms with Gasteiger partial charge in [0.2, 0.25) is 10.0 Å². The highest BCUT2D eigenvalue weighted by Gasteiger charge is 2.34. The van der Waals surface area contributed by atoms with Gasteiger partial charge in [-0.3, -0.25) is 9.52 Å². The van der Waals surface area contributed by atoms with Gasteiger partial charge < -0.3 is 10.6 Å². The number of hydrogen-bond acceptors (Lipinski definition) is 5. The summed E-state index contributed by atoms with van der Waals surface area (Å²) in [6.07, 6.45) is -0.812. The molecular formula is C24H24ClF3N4O3S. The predicted molar refractivity (Wildman–Crippen MR) is 134 cm³/mol. The molecule has 1 heterocycles. The van der Waals surface area contributed by atoms with Crippen LogP contribution in [0, 0.1) is 0 Å². The maximum Gasteiger partial charge on any atom is 0.433 e.